The molecule has 5 rings (SSSR count). The molecule has 0 aromatic heterocycles. The molecule has 0 spiro atoms. The van der Waals surface area contributed by atoms with Gasteiger partial charge in [-0.15, -0.1) is 0 Å². The van der Waals surface area contributed by atoms with Crippen LogP contribution in [-0.4, -0.2) is 51.8 Å². The molecule has 0 radical (unpaired) electrons. The van der Waals surface area contributed by atoms with Gasteiger partial charge < -0.3 is 20.1 Å². The van der Waals surface area contributed by atoms with E-state index in [4.69, 9.17) is 4.74 Å². The molecule has 3 aromatic rings. The summed E-state index contributed by atoms with van der Waals surface area (Å²) in [6.45, 7) is -0.240. The molecule has 0 amide bonds. The smallest absolute Gasteiger partial charge is 0.195 e. The third-order valence-electron chi connectivity index (χ3n) is 6.07. The van der Waals surface area contributed by atoms with Crippen molar-refractivity contribution in [3.8, 4) is 11.1 Å². The molecule has 6 nitrogen and oxygen atoms in total. The lowest BCUT2D eigenvalue weighted by Gasteiger charge is -2.37. The Morgan fingerprint density at radius 1 is 0.750 bits per heavy atom. The zero-order valence-electron chi connectivity index (χ0n) is 16.7. The number of halogens is 1. The molecule has 1 fully saturated rings. The second kappa shape index (κ2) is 7.72. The molecule has 3 N–H and O–H groups in total. The van der Waals surface area contributed by atoms with Gasteiger partial charge >= 0.3 is 0 Å². The Balaban J connectivity index is 1.75. The zero-order valence-corrected chi connectivity index (χ0v) is 16.7. The Kier molecular flexibility index (Phi) is 4.98. The maximum Gasteiger partial charge on any atom is 0.195 e. The van der Waals surface area contributed by atoms with E-state index in [1.165, 1.54) is 24.3 Å². The van der Waals surface area contributed by atoms with Crippen LogP contribution in [0.5, 0.6) is 0 Å². The van der Waals surface area contributed by atoms with E-state index in [1.54, 1.807) is 36.4 Å². The number of aliphatic hydroxyl groups is 3. The lowest BCUT2D eigenvalue weighted by Crippen LogP contribution is -2.49. The average Bonchev–Trinajstić information content (AvgIpc) is 2.81. The fraction of sp³-hybridized carbons (Fsp3) is 0.200. The molecule has 7 heteroatoms. The lowest BCUT2D eigenvalue weighted by molar-refractivity contribution is -0.189. The van der Waals surface area contributed by atoms with Crippen molar-refractivity contribution in [3.05, 3.63) is 94.3 Å². The van der Waals surface area contributed by atoms with E-state index in [9.17, 15) is 29.3 Å². The number of benzene rings is 3. The topological polar surface area (TPSA) is 104 Å². The quantitative estimate of drug-likeness (QED) is 0.448. The van der Waals surface area contributed by atoms with Crippen LogP contribution in [0.15, 0.2) is 60.7 Å². The van der Waals surface area contributed by atoms with Crippen molar-refractivity contribution in [1.82, 2.24) is 0 Å². The van der Waals surface area contributed by atoms with Gasteiger partial charge in [-0.3, -0.25) is 9.59 Å². The largest absolute Gasteiger partial charge is 0.388 e. The van der Waals surface area contributed by atoms with Gasteiger partial charge in [0.2, 0.25) is 0 Å². The molecule has 2 aliphatic rings. The van der Waals surface area contributed by atoms with Crippen LogP contribution in [0, 0.1) is 5.82 Å². The minimum Gasteiger partial charge on any atom is -0.388 e. The third-order valence-corrected chi connectivity index (χ3v) is 6.07. The van der Waals surface area contributed by atoms with Crippen molar-refractivity contribution in [2.45, 2.75) is 24.4 Å². The summed E-state index contributed by atoms with van der Waals surface area (Å²) in [6.07, 6.45) is -5.36. The van der Waals surface area contributed by atoms with E-state index in [0.29, 0.717) is 11.1 Å². The number of hydrogen-bond donors (Lipinski definition) is 3. The van der Waals surface area contributed by atoms with Gasteiger partial charge in [-0.2, -0.15) is 0 Å². The molecule has 3 aromatic carbocycles. The second-order valence-electron chi connectivity index (χ2n) is 7.97. The molecular formula is C25H19FO6. The van der Waals surface area contributed by atoms with Crippen molar-refractivity contribution >= 4 is 11.6 Å². The number of fused-ring (bicyclic) bond motifs is 2. The third kappa shape index (κ3) is 3.10. The number of ketones is 2. The highest BCUT2D eigenvalue weighted by molar-refractivity contribution is 6.30. The van der Waals surface area contributed by atoms with Gasteiger partial charge in [0.15, 0.2) is 11.6 Å². The maximum absolute atomic E-state index is 13.5. The van der Waals surface area contributed by atoms with E-state index >= 15 is 0 Å². The number of ether oxygens (including phenoxy) is 1. The number of aliphatic hydroxyl groups excluding tert-OH is 3. The average molecular weight is 434 g/mol. The molecule has 1 heterocycles. The normalized spacial score (nSPS) is 24.8. The summed E-state index contributed by atoms with van der Waals surface area (Å²) in [5.74, 6) is -1.22. The predicted octanol–water partition coefficient (Wildman–Crippen LogP) is 2.42. The molecule has 32 heavy (non-hydrogen) atoms. The standard InChI is InChI=1S/C25H19FO6/c26-13-7-5-12(6-8-13)14-9-10-17(25-24(31)23(30)18(27)11-32-25)20-19(14)21(28)15-3-1-2-4-16(15)22(20)29/h1-10,18,23-25,27,30-31H,11H2/t18-,23+,24-,25+/m1/s1. The lowest BCUT2D eigenvalue weighted by atomic mass is 9.76. The Morgan fingerprint density at radius 3 is 2.03 bits per heavy atom. The fourth-order valence-electron chi connectivity index (χ4n) is 4.43. The summed E-state index contributed by atoms with van der Waals surface area (Å²) < 4.78 is 19.1. The van der Waals surface area contributed by atoms with Gasteiger partial charge in [0.25, 0.3) is 0 Å². The zero-order chi connectivity index (χ0) is 22.6. The van der Waals surface area contributed by atoms with Crippen LogP contribution in [-0.2, 0) is 4.74 Å². The van der Waals surface area contributed by atoms with E-state index in [0.717, 1.165) is 0 Å². The van der Waals surface area contributed by atoms with Gasteiger partial charge in [0.05, 0.1) is 6.61 Å². The van der Waals surface area contributed by atoms with Crippen molar-refractivity contribution in [1.29, 1.82) is 0 Å². The van der Waals surface area contributed by atoms with Gasteiger partial charge in [-0.1, -0.05) is 48.5 Å². The minimum atomic E-state index is -1.50. The molecule has 1 aliphatic carbocycles. The summed E-state index contributed by atoms with van der Waals surface area (Å²) in [5.41, 5.74) is 1.94. The van der Waals surface area contributed by atoms with Crippen LogP contribution in [0.25, 0.3) is 11.1 Å². The highest BCUT2D eigenvalue weighted by Gasteiger charge is 2.42. The van der Waals surface area contributed by atoms with Gasteiger partial charge in [0.1, 0.15) is 30.2 Å². The SMILES string of the molecule is O=C1c2ccccc2C(=O)c2c([C@@H]3OC[C@@H](O)[C@H](O)[C@H]3O)ccc(-c3ccc(F)cc3)c21. The van der Waals surface area contributed by atoms with Crippen molar-refractivity contribution in [2.75, 3.05) is 6.61 Å². The Bertz CT molecular complexity index is 1240. The van der Waals surface area contributed by atoms with E-state index < -0.39 is 36.0 Å². The second-order valence-corrected chi connectivity index (χ2v) is 7.97. The van der Waals surface area contributed by atoms with Crippen LogP contribution in [0.3, 0.4) is 0 Å². The predicted molar refractivity (Wildman–Crippen MR) is 112 cm³/mol. The number of rotatable bonds is 2. The van der Waals surface area contributed by atoms with E-state index in [1.807, 2.05) is 0 Å². The fourth-order valence-corrected chi connectivity index (χ4v) is 4.43. The minimum absolute atomic E-state index is 0.0724. The van der Waals surface area contributed by atoms with E-state index in [2.05, 4.69) is 0 Å². The summed E-state index contributed by atoms with van der Waals surface area (Å²) in [7, 11) is 0. The van der Waals surface area contributed by atoms with Gasteiger partial charge in [-0.25, -0.2) is 4.39 Å². The number of hydrogen-bond acceptors (Lipinski definition) is 6. The highest BCUT2D eigenvalue weighted by Crippen LogP contribution is 2.41. The summed E-state index contributed by atoms with van der Waals surface area (Å²) in [4.78, 5) is 27.1. The highest BCUT2D eigenvalue weighted by atomic mass is 19.1. The summed E-state index contributed by atoms with van der Waals surface area (Å²) in [6, 6.07) is 15.2. The van der Waals surface area contributed by atoms with Crippen molar-refractivity contribution in [2.24, 2.45) is 0 Å². The molecule has 0 bridgehead atoms. The number of carbonyl (C=O) groups excluding carboxylic acids is 2. The molecule has 1 saturated heterocycles. The first kappa shape index (κ1) is 20.7. The Hall–Kier alpha value is -3.23. The Morgan fingerprint density at radius 2 is 1.38 bits per heavy atom. The van der Waals surface area contributed by atoms with Crippen LogP contribution >= 0.6 is 0 Å². The molecular weight excluding hydrogens is 415 g/mol. The number of carbonyl (C=O) groups is 2. The van der Waals surface area contributed by atoms with Gasteiger partial charge in [-0.05, 0) is 28.8 Å². The first-order valence-electron chi connectivity index (χ1n) is 10.2. The van der Waals surface area contributed by atoms with Crippen molar-refractivity contribution in [3.63, 3.8) is 0 Å². The van der Waals surface area contributed by atoms with Crippen LogP contribution in [0.4, 0.5) is 4.39 Å². The van der Waals surface area contributed by atoms with Crippen molar-refractivity contribution < 1.29 is 34.0 Å². The van der Waals surface area contributed by atoms with Crippen LogP contribution < -0.4 is 0 Å². The first-order valence-corrected chi connectivity index (χ1v) is 10.2. The molecule has 1 aliphatic heterocycles. The first-order chi connectivity index (χ1) is 15.4. The Labute approximate surface area is 182 Å². The van der Waals surface area contributed by atoms with E-state index in [-0.39, 0.29) is 40.2 Å². The summed E-state index contributed by atoms with van der Waals surface area (Å²) >= 11 is 0. The molecule has 162 valence electrons. The molecule has 4 atom stereocenters. The van der Waals surface area contributed by atoms with Crippen LogP contribution in [0.1, 0.15) is 43.5 Å². The molecule has 0 saturated carbocycles. The van der Waals surface area contributed by atoms with Crippen LogP contribution in [0.2, 0.25) is 0 Å². The van der Waals surface area contributed by atoms with Gasteiger partial charge in [0, 0.05) is 22.3 Å². The monoisotopic (exact) mass is 434 g/mol. The summed E-state index contributed by atoms with van der Waals surface area (Å²) in [5, 5.41) is 30.5. The maximum atomic E-state index is 13.5. The molecule has 0 unspecified atom stereocenters.